The zero-order valence-corrected chi connectivity index (χ0v) is 13.7. The van der Waals surface area contributed by atoms with Gasteiger partial charge < -0.3 is 10.6 Å². The van der Waals surface area contributed by atoms with E-state index in [1.807, 2.05) is 6.07 Å². The van der Waals surface area contributed by atoms with Gasteiger partial charge in [0, 0.05) is 17.6 Å². The summed E-state index contributed by atoms with van der Waals surface area (Å²) in [6.45, 7) is 1.79. The Bertz CT molecular complexity index is 915. The number of H-pyrrole nitrogens is 1. The Kier molecular flexibility index (Phi) is 4.19. The van der Waals surface area contributed by atoms with Crippen LogP contribution in [-0.4, -0.2) is 29.2 Å². The number of nitrogens with zero attached hydrogens (tertiary/aromatic N) is 1. The minimum atomic E-state index is -0.290. The van der Waals surface area contributed by atoms with Crippen molar-refractivity contribution in [3.05, 3.63) is 59.5 Å². The van der Waals surface area contributed by atoms with Crippen molar-refractivity contribution < 1.29 is 9.18 Å². The summed E-state index contributed by atoms with van der Waals surface area (Å²) < 4.78 is 14.5. The van der Waals surface area contributed by atoms with Crippen molar-refractivity contribution in [3.8, 4) is 0 Å². The van der Waals surface area contributed by atoms with Crippen molar-refractivity contribution in [2.24, 2.45) is 0 Å². The summed E-state index contributed by atoms with van der Waals surface area (Å²) in [5, 5.41) is 13.7. The topological polar surface area (TPSA) is 69.8 Å². The van der Waals surface area contributed by atoms with E-state index in [1.54, 1.807) is 30.5 Å². The summed E-state index contributed by atoms with van der Waals surface area (Å²) in [4.78, 5) is 12.5. The van der Waals surface area contributed by atoms with Crippen molar-refractivity contribution >= 4 is 22.5 Å². The van der Waals surface area contributed by atoms with Crippen LogP contribution in [0.1, 0.15) is 34.7 Å². The van der Waals surface area contributed by atoms with E-state index in [1.165, 1.54) is 6.07 Å². The van der Waals surface area contributed by atoms with Gasteiger partial charge in [-0.25, -0.2) is 4.39 Å². The highest BCUT2D eigenvalue weighted by Crippen LogP contribution is 2.27. The van der Waals surface area contributed by atoms with E-state index >= 15 is 0 Å². The molecule has 0 radical (unpaired) electrons. The lowest BCUT2D eigenvalue weighted by molar-refractivity contribution is 0.102. The molecule has 1 amide bonds. The summed E-state index contributed by atoms with van der Waals surface area (Å²) >= 11 is 0. The van der Waals surface area contributed by atoms with Gasteiger partial charge in [0.1, 0.15) is 5.82 Å². The smallest absolute Gasteiger partial charge is 0.257 e. The number of halogens is 1. The number of piperidine rings is 1. The number of nitrogens with one attached hydrogen (secondary N) is 3. The maximum atomic E-state index is 14.5. The molecule has 5 nitrogen and oxygen atoms in total. The minimum absolute atomic E-state index is 0.192. The zero-order valence-electron chi connectivity index (χ0n) is 13.7. The fourth-order valence-corrected chi connectivity index (χ4v) is 3.41. The summed E-state index contributed by atoms with van der Waals surface area (Å²) in [6.07, 6.45) is 3.70. The largest absolute Gasteiger partial charge is 0.322 e. The molecule has 2 heterocycles. The SMILES string of the molecule is O=C(Nc1ccc([C@@H]2CCCNC2)c(F)c1)c1cccc2cn[nH]c12. The Morgan fingerprint density at radius 2 is 2.20 bits per heavy atom. The number of aromatic nitrogens is 2. The molecule has 0 saturated carbocycles. The number of aromatic amines is 1. The third kappa shape index (κ3) is 3.13. The Hall–Kier alpha value is -2.73. The molecule has 25 heavy (non-hydrogen) atoms. The highest BCUT2D eigenvalue weighted by atomic mass is 19.1. The van der Waals surface area contributed by atoms with Crippen molar-refractivity contribution in [1.82, 2.24) is 15.5 Å². The summed E-state index contributed by atoms with van der Waals surface area (Å²) in [5.74, 6) is -0.371. The van der Waals surface area contributed by atoms with Crippen LogP contribution in [-0.2, 0) is 0 Å². The van der Waals surface area contributed by atoms with Crippen LogP contribution in [0.5, 0.6) is 0 Å². The predicted octanol–water partition coefficient (Wildman–Crippen LogP) is 3.42. The Morgan fingerprint density at radius 1 is 1.28 bits per heavy atom. The number of hydrogen-bond acceptors (Lipinski definition) is 3. The first kappa shape index (κ1) is 15.8. The van der Waals surface area contributed by atoms with Crippen LogP contribution in [0, 0.1) is 5.82 Å². The minimum Gasteiger partial charge on any atom is -0.322 e. The first-order valence-electron chi connectivity index (χ1n) is 8.46. The standard InChI is InChI=1S/C19H19FN4O/c20-17-9-14(6-7-15(17)12-4-2-8-21-10-12)23-19(25)16-5-1-3-13-11-22-24-18(13)16/h1,3,5-7,9,11-12,21H,2,4,8,10H2,(H,22,24)(H,23,25)/t12-/m1/s1. The molecule has 2 aromatic carbocycles. The van der Waals surface area contributed by atoms with Gasteiger partial charge in [-0.1, -0.05) is 18.2 Å². The number of benzene rings is 2. The van der Waals surface area contributed by atoms with Crippen molar-refractivity contribution in [1.29, 1.82) is 0 Å². The molecule has 1 aliphatic heterocycles. The molecule has 4 rings (SSSR count). The molecule has 128 valence electrons. The molecule has 1 saturated heterocycles. The molecule has 1 aromatic heterocycles. The van der Waals surface area contributed by atoms with E-state index < -0.39 is 0 Å². The fraction of sp³-hybridized carbons (Fsp3) is 0.263. The molecule has 1 fully saturated rings. The highest BCUT2D eigenvalue weighted by molar-refractivity contribution is 6.11. The van der Waals surface area contributed by atoms with E-state index in [4.69, 9.17) is 0 Å². The lowest BCUT2D eigenvalue weighted by atomic mass is 9.91. The Balaban J connectivity index is 1.55. The number of carbonyl (C=O) groups is 1. The van der Waals surface area contributed by atoms with Crippen LogP contribution in [0.25, 0.3) is 10.9 Å². The number of rotatable bonds is 3. The molecule has 1 atom stereocenters. The first-order valence-corrected chi connectivity index (χ1v) is 8.46. The Labute approximate surface area is 144 Å². The maximum absolute atomic E-state index is 14.5. The van der Waals surface area contributed by atoms with Gasteiger partial charge in [-0.05, 0) is 49.1 Å². The van der Waals surface area contributed by atoms with Crippen LogP contribution >= 0.6 is 0 Å². The molecule has 0 bridgehead atoms. The van der Waals surface area contributed by atoms with E-state index in [2.05, 4.69) is 20.8 Å². The molecule has 1 aliphatic rings. The highest BCUT2D eigenvalue weighted by Gasteiger charge is 2.19. The molecular weight excluding hydrogens is 319 g/mol. The van der Waals surface area contributed by atoms with Crippen molar-refractivity contribution in [3.63, 3.8) is 0 Å². The van der Waals surface area contributed by atoms with Gasteiger partial charge in [-0.3, -0.25) is 9.89 Å². The third-order valence-corrected chi connectivity index (χ3v) is 4.72. The number of fused-ring (bicyclic) bond motifs is 1. The van der Waals surface area contributed by atoms with E-state index in [0.717, 1.165) is 31.3 Å². The monoisotopic (exact) mass is 338 g/mol. The first-order chi connectivity index (χ1) is 12.2. The predicted molar refractivity (Wildman–Crippen MR) is 95.3 cm³/mol. The summed E-state index contributed by atoms with van der Waals surface area (Å²) in [5.41, 5.74) is 2.31. The van der Waals surface area contributed by atoms with Gasteiger partial charge in [-0.15, -0.1) is 0 Å². The molecule has 3 aromatic rings. The van der Waals surface area contributed by atoms with Crippen LogP contribution in [0.3, 0.4) is 0 Å². The molecular formula is C19H19FN4O. The van der Waals surface area contributed by atoms with Gasteiger partial charge in [0.25, 0.3) is 5.91 Å². The molecule has 0 spiro atoms. The van der Waals surface area contributed by atoms with Crippen molar-refractivity contribution in [2.75, 3.05) is 18.4 Å². The lowest BCUT2D eigenvalue weighted by Gasteiger charge is -2.23. The van der Waals surface area contributed by atoms with Crippen LogP contribution in [0.2, 0.25) is 0 Å². The van der Waals surface area contributed by atoms with Gasteiger partial charge in [0.2, 0.25) is 0 Å². The van der Waals surface area contributed by atoms with E-state index in [-0.39, 0.29) is 17.6 Å². The van der Waals surface area contributed by atoms with Gasteiger partial charge >= 0.3 is 0 Å². The molecule has 0 unspecified atom stereocenters. The molecule has 6 heteroatoms. The third-order valence-electron chi connectivity index (χ3n) is 4.72. The van der Waals surface area contributed by atoms with Crippen molar-refractivity contribution in [2.45, 2.75) is 18.8 Å². The van der Waals surface area contributed by atoms with Crippen LogP contribution in [0.15, 0.2) is 42.6 Å². The van der Waals surface area contributed by atoms with Crippen LogP contribution < -0.4 is 10.6 Å². The average Bonchev–Trinajstić information content (AvgIpc) is 3.11. The zero-order chi connectivity index (χ0) is 17.2. The second-order valence-corrected chi connectivity index (χ2v) is 6.37. The molecule has 3 N–H and O–H groups in total. The molecule has 0 aliphatic carbocycles. The second-order valence-electron chi connectivity index (χ2n) is 6.37. The average molecular weight is 338 g/mol. The van der Waals surface area contributed by atoms with E-state index in [0.29, 0.717) is 22.3 Å². The Morgan fingerprint density at radius 3 is 3.00 bits per heavy atom. The fourth-order valence-electron chi connectivity index (χ4n) is 3.41. The number of anilines is 1. The van der Waals surface area contributed by atoms with Crippen LogP contribution in [0.4, 0.5) is 10.1 Å². The number of para-hydroxylation sites is 1. The van der Waals surface area contributed by atoms with Gasteiger partial charge in [-0.2, -0.15) is 5.10 Å². The summed E-state index contributed by atoms with van der Waals surface area (Å²) in [6, 6.07) is 10.3. The quantitative estimate of drug-likeness (QED) is 0.685. The summed E-state index contributed by atoms with van der Waals surface area (Å²) in [7, 11) is 0. The number of carbonyl (C=O) groups excluding carboxylic acids is 1. The normalized spacial score (nSPS) is 17.6. The maximum Gasteiger partial charge on any atom is 0.257 e. The van der Waals surface area contributed by atoms with E-state index in [9.17, 15) is 9.18 Å². The number of hydrogen-bond donors (Lipinski definition) is 3. The number of amides is 1. The lowest BCUT2D eigenvalue weighted by Crippen LogP contribution is -2.28. The van der Waals surface area contributed by atoms with Gasteiger partial charge in [0.05, 0.1) is 17.3 Å². The van der Waals surface area contributed by atoms with Gasteiger partial charge in [0.15, 0.2) is 0 Å². The second kappa shape index (κ2) is 6.64.